The summed E-state index contributed by atoms with van der Waals surface area (Å²) in [6, 6.07) is 13.9. The Balaban J connectivity index is 2.08. The summed E-state index contributed by atoms with van der Waals surface area (Å²) in [5.74, 6) is 0.774. The van der Waals surface area contributed by atoms with E-state index in [1.165, 1.54) is 12.1 Å². The predicted molar refractivity (Wildman–Crippen MR) is 95.9 cm³/mol. The number of nitrogens with zero attached hydrogens (tertiary/aromatic N) is 2. The van der Waals surface area contributed by atoms with E-state index in [0.717, 1.165) is 17.0 Å². The maximum atomic E-state index is 13.4. The van der Waals surface area contributed by atoms with Crippen LogP contribution >= 0.6 is 0 Å². The molecule has 2 rings (SSSR count). The Bertz CT molecular complexity index is 703. The minimum Gasteiger partial charge on any atom is -0.497 e. The smallest absolute Gasteiger partial charge is 0.193 e. The summed E-state index contributed by atoms with van der Waals surface area (Å²) in [6.07, 6.45) is 0. The number of guanidine groups is 1. The van der Waals surface area contributed by atoms with Crippen molar-refractivity contribution in [3.8, 4) is 5.75 Å². The van der Waals surface area contributed by atoms with Gasteiger partial charge in [-0.2, -0.15) is 0 Å². The fourth-order valence-electron chi connectivity index (χ4n) is 2.35. The zero-order chi connectivity index (χ0) is 17.5. The van der Waals surface area contributed by atoms with Crippen LogP contribution < -0.4 is 15.8 Å². The molecule has 0 saturated carbocycles. The van der Waals surface area contributed by atoms with Gasteiger partial charge in [0.15, 0.2) is 5.96 Å². The Morgan fingerprint density at radius 3 is 2.67 bits per heavy atom. The molecule has 0 radical (unpaired) electrons. The molecular weight excluding hydrogens is 307 g/mol. The lowest BCUT2D eigenvalue weighted by atomic mass is 10.1. The molecule has 6 heteroatoms. The summed E-state index contributed by atoms with van der Waals surface area (Å²) in [6.45, 7) is 0.416. The van der Waals surface area contributed by atoms with Gasteiger partial charge in [-0.1, -0.05) is 18.2 Å². The largest absolute Gasteiger partial charge is 0.497 e. The molecule has 24 heavy (non-hydrogen) atoms. The van der Waals surface area contributed by atoms with E-state index in [1.54, 1.807) is 13.2 Å². The molecule has 1 atom stereocenters. The molecule has 128 valence electrons. The van der Waals surface area contributed by atoms with Crippen LogP contribution in [0.15, 0.2) is 53.5 Å². The number of hydrogen-bond donors (Lipinski definition) is 2. The van der Waals surface area contributed by atoms with Gasteiger partial charge in [0.05, 0.1) is 19.7 Å². The highest BCUT2D eigenvalue weighted by molar-refractivity contribution is 5.92. The van der Waals surface area contributed by atoms with E-state index in [1.807, 2.05) is 49.3 Å². The molecular formula is C18H23FN4O. The molecule has 0 bridgehead atoms. The monoisotopic (exact) mass is 330 g/mol. The van der Waals surface area contributed by atoms with Crippen LogP contribution in [-0.2, 0) is 0 Å². The summed E-state index contributed by atoms with van der Waals surface area (Å²) in [4.78, 5) is 6.36. The highest BCUT2D eigenvalue weighted by Crippen LogP contribution is 2.20. The van der Waals surface area contributed by atoms with Crippen molar-refractivity contribution < 1.29 is 9.13 Å². The maximum absolute atomic E-state index is 13.4. The van der Waals surface area contributed by atoms with E-state index < -0.39 is 0 Å². The van der Waals surface area contributed by atoms with Crippen molar-refractivity contribution in [1.82, 2.24) is 4.90 Å². The summed E-state index contributed by atoms with van der Waals surface area (Å²) in [7, 11) is 5.46. The zero-order valence-corrected chi connectivity index (χ0v) is 14.2. The molecule has 2 aromatic carbocycles. The number of anilines is 1. The Morgan fingerprint density at radius 1 is 1.25 bits per heavy atom. The number of halogens is 1. The molecule has 0 fully saturated rings. The second kappa shape index (κ2) is 8.31. The maximum Gasteiger partial charge on any atom is 0.193 e. The number of likely N-dealkylation sites (N-methyl/N-ethyl adjacent to an activating group) is 1. The number of aliphatic imine (C=N–C) groups is 1. The van der Waals surface area contributed by atoms with Gasteiger partial charge >= 0.3 is 0 Å². The third-order valence-corrected chi connectivity index (χ3v) is 3.63. The highest BCUT2D eigenvalue weighted by Gasteiger charge is 2.14. The van der Waals surface area contributed by atoms with Crippen molar-refractivity contribution in [2.24, 2.45) is 10.7 Å². The van der Waals surface area contributed by atoms with Crippen LogP contribution in [0.5, 0.6) is 5.75 Å². The molecule has 0 amide bonds. The van der Waals surface area contributed by atoms with Crippen LogP contribution in [0.4, 0.5) is 10.1 Å². The number of rotatable bonds is 6. The van der Waals surface area contributed by atoms with E-state index in [-0.39, 0.29) is 11.9 Å². The summed E-state index contributed by atoms with van der Waals surface area (Å²) in [5, 5.41) is 3.03. The minimum absolute atomic E-state index is 0.0636. The molecule has 5 nitrogen and oxygen atoms in total. The average Bonchev–Trinajstić information content (AvgIpc) is 2.55. The number of benzene rings is 2. The number of hydrogen-bond acceptors (Lipinski definition) is 3. The molecule has 0 saturated heterocycles. The summed E-state index contributed by atoms with van der Waals surface area (Å²) >= 11 is 0. The van der Waals surface area contributed by atoms with Gasteiger partial charge in [-0.05, 0) is 43.9 Å². The predicted octanol–water partition coefficient (Wildman–Crippen LogP) is 2.86. The van der Waals surface area contributed by atoms with Crippen LogP contribution in [0.1, 0.15) is 11.6 Å². The first-order valence-corrected chi connectivity index (χ1v) is 7.62. The Morgan fingerprint density at radius 2 is 2.00 bits per heavy atom. The Hall–Kier alpha value is -2.60. The second-order valence-corrected chi connectivity index (χ2v) is 5.62. The Labute approximate surface area is 142 Å². The summed E-state index contributed by atoms with van der Waals surface area (Å²) < 4.78 is 18.6. The molecule has 0 aliphatic rings. The second-order valence-electron chi connectivity index (χ2n) is 5.62. The first-order chi connectivity index (χ1) is 11.5. The summed E-state index contributed by atoms with van der Waals surface area (Å²) in [5.41, 5.74) is 7.61. The third kappa shape index (κ3) is 4.96. The molecule has 3 N–H and O–H groups in total. The lowest BCUT2D eigenvalue weighted by molar-refractivity contribution is 0.306. The van der Waals surface area contributed by atoms with E-state index in [0.29, 0.717) is 12.5 Å². The Kier molecular flexibility index (Phi) is 6.14. The molecule has 0 aliphatic carbocycles. The minimum atomic E-state index is -0.259. The van der Waals surface area contributed by atoms with Crippen LogP contribution in [0.2, 0.25) is 0 Å². The van der Waals surface area contributed by atoms with Crippen LogP contribution in [0.25, 0.3) is 0 Å². The standard InChI is InChI=1S/C18H23FN4O/c1-23(2)17(13-6-4-7-14(19)10-13)12-21-18(20)22-15-8-5-9-16(11-15)24-3/h4-11,17H,12H2,1-3H3,(H3,20,21,22). The third-order valence-electron chi connectivity index (χ3n) is 3.63. The first-order valence-electron chi connectivity index (χ1n) is 7.62. The number of nitrogens with one attached hydrogen (secondary N) is 1. The van der Waals surface area contributed by atoms with Crippen LogP contribution in [0, 0.1) is 5.82 Å². The number of methoxy groups -OCH3 is 1. The van der Waals surface area contributed by atoms with Crippen molar-refractivity contribution in [3.63, 3.8) is 0 Å². The van der Waals surface area contributed by atoms with E-state index in [4.69, 9.17) is 10.5 Å². The van der Waals surface area contributed by atoms with Gasteiger partial charge in [-0.15, -0.1) is 0 Å². The van der Waals surface area contributed by atoms with Gasteiger partial charge in [0.25, 0.3) is 0 Å². The first kappa shape index (κ1) is 17.7. The van der Waals surface area contributed by atoms with E-state index >= 15 is 0 Å². The lowest BCUT2D eigenvalue weighted by Gasteiger charge is -2.23. The van der Waals surface area contributed by atoms with Crippen molar-refractivity contribution in [2.45, 2.75) is 6.04 Å². The van der Waals surface area contributed by atoms with Gasteiger partial charge < -0.3 is 20.7 Å². The van der Waals surface area contributed by atoms with Gasteiger partial charge in [-0.25, -0.2) is 4.39 Å². The highest BCUT2D eigenvalue weighted by atomic mass is 19.1. The topological polar surface area (TPSA) is 62.9 Å². The molecule has 2 aromatic rings. The van der Waals surface area contributed by atoms with Crippen LogP contribution in [-0.4, -0.2) is 38.6 Å². The lowest BCUT2D eigenvalue weighted by Crippen LogP contribution is -2.27. The molecule has 0 spiro atoms. The molecule has 1 unspecified atom stereocenters. The fourth-order valence-corrected chi connectivity index (χ4v) is 2.35. The van der Waals surface area contributed by atoms with Crippen molar-refractivity contribution in [3.05, 3.63) is 59.9 Å². The van der Waals surface area contributed by atoms with Crippen molar-refractivity contribution in [2.75, 3.05) is 33.1 Å². The van der Waals surface area contributed by atoms with Crippen molar-refractivity contribution in [1.29, 1.82) is 0 Å². The van der Waals surface area contributed by atoms with Gasteiger partial charge in [0.2, 0.25) is 0 Å². The van der Waals surface area contributed by atoms with E-state index in [2.05, 4.69) is 10.3 Å². The zero-order valence-electron chi connectivity index (χ0n) is 14.2. The van der Waals surface area contributed by atoms with Crippen LogP contribution in [0.3, 0.4) is 0 Å². The van der Waals surface area contributed by atoms with E-state index in [9.17, 15) is 4.39 Å². The van der Waals surface area contributed by atoms with Gasteiger partial charge in [0, 0.05) is 11.8 Å². The average molecular weight is 330 g/mol. The molecule has 0 aromatic heterocycles. The normalized spacial score (nSPS) is 13.0. The molecule has 0 aliphatic heterocycles. The quantitative estimate of drug-likeness (QED) is 0.631. The van der Waals surface area contributed by atoms with Gasteiger partial charge in [-0.3, -0.25) is 4.99 Å². The SMILES string of the molecule is COc1cccc(NC(N)=NCC(c2cccc(F)c2)N(C)C)c1. The van der Waals surface area contributed by atoms with Crippen molar-refractivity contribution >= 4 is 11.6 Å². The van der Waals surface area contributed by atoms with Gasteiger partial charge in [0.1, 0.15) is 11.6 Å². The molecule has 0 heterocycles. The fraction of sp³-hybridized carbons (Fsp3) is 0.278. The number of ether oxygens (including phenoxy) is 1. The number of nitrogens with two attached hydrogens (primary N) is 1.